The van der Waals surface area contributed by atoms with Gasteiger partial charge in [-0.2, -0.15) is 0 Å². The first-order chi connectivity index (χ1) is 7.99. The van der Waals surface area contributed by atoms with E-state index in [2.05, 4.69) is 15.3 Å². The molecule has 0 aliphatic rings. The zero-order chi connectivity index (χ0) is 12.8. The summed E-state index contributed by atoms with van der Waals surface area (Å²) in [4.78, 5) is 18.7. The maximum atomic E-state index is 10.8. The van der Waals surface area contributed by atoms with Crippen molar-refractivity contribution in [1.29, 1.82) is 0 Å². The quantitative estimate of drug-likeness (QED) is 0.728. The lowest BCUT2D eigenvalue weighted by Crippen LogP contribution is -2.16. The summed E-state index contributed by atoms with van der Waals surface area (Å²) in [5, 5.41) is 11.8. The molecule has 0 aliphatic carbocycles. The first-order valence-electron chi connectivity index (χ1n) is 5.43. The Hall–Kier alpha value is -1.69. The normalized spacial score (nSPS) is 10.6. The molecule has 17 heavy (non-hydrogen) atoms. The van der Waals surface area contributed by atoms with E-state index in [4.69, 9.17) is 9.84 Å². The topological polar surface area (TPSA) is 84.3 Å². The first-order valence-corrected chi connectivity index (χ1v) is 5.43. The Morgan fingerprint density at radius 3 is 2.82 bits per heavy atom. The van der Waals surface area contributed by atoms with Gasteiger partial charge in [0.2, 0.25) is 5.95 Å². The molecular formula is C11H17N3O3. The van der Waals surface area contributed by atoms with Gasteiger partial charge in [0, 0.05) is 12.2 Å². The summed E-state index contributed by atoms with van der Waals surface area (Å²) in [5.41, 5.74) is 0.606. The van der Waals surface area contributed by atoms with Crippen LogP contribution in [0.25, 0.3) is 0 Å². The lowest BCUT2D eigenvalue weighted by atomic mass is 10.3. The van der Waals surface area contributed by atoms with E-state index in [0.29, 0.717) is 24.8 Å². The third-order valence-electron chi connectivity index (χ3n) is 1.91. The Morgan fingerprint density at radius 2 is 2.24 bits per heavy atom. The largest absolute Gasteiger partial charge is 0.477 e. The van der Waals surface area contributed by atoms with Crippen LogP contribution in [0.2, 0.25) is 0 Å². The first kappa shape index (κ1) is 13.4. The third-order valence-corrected chi connectivity index (χ3v) is 1.91. The van der Waals surface area contributed by atoms with Gasteiger partial charge >= 0.3 is 5.97 Å². The Balaban J connectivity index is 2.56. The minimum absolute atomic E-state index is 0.00946. The van der Waals surface area contributed by atoms with Crippen LogP contribution in [-0.2, 0) is 4.74 Å². The van der Waals surface area contributed by atoms with Crippen LogP contribution >= 0.6 is 0 Å². The molecule has 0 saturated carbocycles. The molecule has 0 aromatic carbocycles. The number of carboxylic acids is 1. The predicted octanol–water partition coefficient (Wildman–Crippen LogP) is 1.32. The highest BCUT2D eigenvalue weighted by Gasteiger charge is 2.08. The van der Waals surface area contributed by atoms with Gasteiger partial charge in [0.05, 0.1) is 12.7 Å². The number of nitrogens with zero attached hydrogens (tertiary/aromatic N) is 2. The van der Waals surface area contributed by atoms with Crippen molar-refractivity contribution in [2.75, 3.05) is 18.5 Å². The molecule has 0 amide bonds. The molecule has 0 spiro atoms. The lowest BCUT2D eigenvalue weighted by Gasteiger charge is -2.09. The van der Waals surface area contributed by atoms with E-state index < -0.39 is 5.97 Å². The number of aryl methyl sites for hydroxylation is 1. The molecule has 1 rings (SSSR count). The number of carboxylic acid groups (broad SMARTS) is 1. The Kier molecular flexibility index (Phi) is 4.84. The minimum Gasteiger partial charge on any atom is -0.477 e. The number of aromatic nitrogens is 2. The summed E-state index contributed by atoms with van der Waals surface area (Å²) in [6.45, 7) is 6.69. The second kappa shape index (κ2) is 6.15. The van der Waals surface area contributed by atoms with E-state index in [0.717, 1.165) is 0 Å². The van der Waals surface area contributed by atoms with Crippen molar-refractivity contribution in [3.05, 3.63) is 17.5 Å². The number of anilines is 1. The summed E-state index contributed by atoms with van der Waals surface area (Å²) in [5.74, 6) is -0.744. The molecule has 6 heteroatoms. The molecule has 6 nitrogen and oxygen atoms in total. The van der Waals surface area contributed by atoms with E-state index in [-0.39, 0.29) is 11.8 Å². The van der Waals surface area contributed by atoms with Crippen molar-refractivity contribution >= 4 is 11.9 Å². The molecule has 0 atom stereocenters. The molecule has 94 valence electrons. The van der Waals surface area contributed by atoms with Crippen LogP contribution in [-0.4, -0.2) is 40.3 Å². The average molecular weight is 239 g/mol. The van der Waals surface area contributed by atoms with E-state index in [1.54, 1.807) is 6.92 Å². The monoisotopic (exact) mass is 239 g/mol. The Bertz CT molecular complexity index is 394. The fraction of sp³-hybridized carbons (Fsp3) is 0.545. The predicted molar refractivity (Wildman–Crippen MR) is 63.3 cm³/mol. The highest BCUT2D eigenvalue weighted by molar-refractivity contribution is 5.85. The molecule has 0 unspecified atom stereocenters. The highest BCUT2D eigenvalue weighted by atomic mass is 16.5. The molecule has 0 aliphatic heterocycles. The van der Waals surface area contributed by atoms with Gasteiger partial charge in [-0.05, 0) is 26.8 Å². The summed E-state index contributed by atoms with van der Waals surface area (Å²) in [7, 11) is 0. The zero-order valence-corrected chi connectivity index (χ0v) is 10.2. The molecule has 0 radical (unpaired) electrons. The standard InChI is InChI=1S/C11H17N3O3/c1-7(2)17-5-4-12-11-13-8(3)6-9(14-11)10(15)16/h6-7H,4-5H2,1-3H3,(H,15,16)(H,12,13,14). The smallest absolute Gasteiger partial charge is 0.354 e. The maximum absolute atomic E-state index is 10.8. The van der Waals surface area contributed by atoms with E-state index in [9.17, 15) is 4.79 Å². The van der Waals surface area contributed by atoms with Crippen molar-refractivity contribution in [3.8, 4) is 0 Å². The van der Waals surface area contributed by atoms with Gasteiger partial charge in [-0.3, -0.25) is 0 Å². The summed E-state index contributed by atoms with van der Waals surface area (Å²) in [6, 6.07) is 1.43. The van der Waals surface area contributed by atoms with Gasteiger partial charge in [-0.25, -0.2) is 14.8 Å². The lowest BCUT2D eigenvalue weighted by molar-refractivity contribution is 0.0690. The van der Waals surface area contributed by atoms with E-state index in [1.807, 2.05) is 13.8 Å². The molecular weight excluding hydrogens is 222 g/mol. The van der Waals surface area contributed by atoms with Crippen molar-refractivity contribution in [3.63, 3.8) is 0 Å². The second-order valence-electron chi connectivity index (χ2n) is 3.87. The molecule has 0 saturated heterocycles. The molecule has 0 bridgehead atoms. The van der Waals surface area contributed by atoms with E-state index >= 15 is 0 Å². The average Bonchev–Trinajstić information content (AvgIpc) is 2.23. The number of hydrogen-bond donors (Lipinski definition) is 2. The summed E-state index contributed by atoms with van der Waals surface area (Å²) >= 11 is 0. The number of hydrogen-bond acceptors (Lipinski definition) is 5. The number of carbonyl (C=O) groups is 1. The van der Waals surface area contributed by atoms with Crippen molar-refractivity contribution < 1.29 is 14.6 Å². The van der Waals surface area contributed by atoms with Crippen LogP contribution in [0.4, 0.5) is 5.95 Å². The molecule has 1 aromatic heterocycles. The van der Waals surface area contributed by atoms with Gasteiger partial charge in [-0.1, -0.05) is 0 Å². The van der Waals surface area contributed by atoms with Crippen LogP contribution in [0, 0.1) is 6.92 Å². The molecule has 1 heterocycles. The van der Waals surface area contributed by atoms with Gasteiger partial charge in [0.15, 0.2) is 5.69 Å². The zero-order valence-electron chi connectivity index (χ0n) is 10.2. The third kappa shape index (κ3) is 4.78. The highest BCUT2D eigenvalue weighted by Crippen LogP contribution is 2.04. The Morgan fingerprint density at radius 1 is 1.53 bits per heavy atom. The number of rotatable bonds is 6. The van der Waals surface area contributed by atoms with Crippen LogP contribution in [0.5, 0.6) is 0 Å². The number of aromatic carboxylic acids is 1. The summed E-state index contributed by atoms with van der Waals surface area (Å²) < 4.78 is 5.34. The minimum atomic E-state index is -1.06. The molecule has 1 aromatic rings. The van der Waals surface area contributed by atoms with E-state index in [1.165, 1.54) is 6.07 Å². The fourth-order valence-corrected chi connectivity index (χ4v) is 1.21. The van der Waals surface area contributed by atoms with Crippen molar-refractivity contribution in [2.45, 2.75) is 26.9 Å². The van der Waals surface area contributed by atoms with Crippen LogP contribution in [0.3, 0.4) is 0 Å². The molecule has 2 N–H and O–H groups in total. The van der Waals surface area contributed by atoms with Crippen LogP contribution in [0.1, 0.15) is 30.0 Å². The van der Waals surface area contributed by atoms with Crippen LogP contribution < -0.4 is 5.32 Å². The Labute approximate surface area is 100 Å². The van der Waals surface area contributed by atoms with Gasteiger partial charge in [-0.15, -0.1) is 0 Å². The van der Waals surface area contributed by atoms with Crippen molar-refractivity contribution in [2.24, 2.45) is 0 Å². The van der Waals surface area contributed by atoms with Crippen LogP contribution in [0.15, 0.2) is 6.07 Å². The SMILES string of the molecule is Cc1cc(C(=O)O)nc(NCCOC(C)C)n1. The number of nitrogens with one attached hydrogen (secondary N) is 1. The number of ether oxygens (including phenoxy) is 1. The maximum Gasteiger partial charge on any atom is 0.354 e. The van der Waals surface area contributed by atoms with Gasteiger partial charge in [0.25, 0.3) is 0 Å². The second-order valence-corrected chi connectivity index (χ2v) is 3.87. The van der Waals surface area contributed by atoms with Gasteiger partial charge in [0.1, 0.15) is 0 Å². The van der Waals surface area contributed by atoms with Gasteiger partial charge < -0.3 is 15.2 Å². The molecule has 0 fully saturated rings. The summed E-state index contributed by atoms with van der Waals surface area (Å²) in [6.07, 6.45) is 0.171. The fourth-order valence-electron chi connectivity index (χ4n) is 1.21. The van der Waals surface area contributed by atoms with Crippen molar-refractivity contribution in [1.82, 2.24) is 9.97 Å².